The Balaban J connectivity index is 2.90. The highest BCUT2D eigenvalue weighted by atomic mass is 32.2. The fourth-order valence-electron chi connectivity index (χ4n) is 0.851. The number of benzene rings is 1. The van der Waals surface area contributed by atoms with E-state index in [1.807, 2.05) is 12.3 Å². The highest BCUT2D eigenvalue weighted by Gasteiger charge is 2.01. The van der Waals surface area contributed by atoms with Crippen molar-refractivity contribution in [3.05, 3.63) is 24.3 Å². The van der Waals surface area contributed by atoms with Gasteiger partial charge < -0.3 is 0 Å². The predicted molar refractivity (Wildman–Crippen MR) is 55.0 cm³/mol. The molecule has 0 spiro atoms. The van der Waals surface area contributed by atoms with Crippen LogP contribution < -0.4 is 9.86 Å². The average Bonchev–Trinajstić information content (AvgIpc) is 2.01. The van der Waals surface area contributed by atoms with Gasteiger partial charge in [0.15, 0.2) is 0 Å². The first-order valence-corrected chi connectivity index (χ1v) is 6.23. The van der Waals surface area contributed by atoms with Crippen molar-refractivity contribution < 1.29 is 8.42 Å². The second kappa shape index (κ2) is 3.99. The summed E-state index contributed by atoms with van der Waals surface area (Å²) >= 11 is 1.53. The van der Waals surface area contributed by atoms with Crippen molar-refractivity contribution in [3.8, 4) is 0 Å². The Labute approximate surface area is 81.7 Å². The Morgan fingerprint density at radius 3 is 2.69 bits per heavy atom. The van der Waals surface area contributed by atoms with Crippen LogP contribution in [0.5, 0.6) is 0 Å². The van der Waals surface area contributed by atoms with E-state index < -0.39 is 10.2 Å². The van der Waals surface area contributed by atoms with Crippen LogP contribution in [-0.4, -0.2) is 14.7 Å². The molecule has 0 aliphatic carbocycles. The Morgan fingerprint density at radius 1 is 1.46 bits per heavy atom. The molecule has 0 heterocycles. The van der Waals surface area contributed by atoms with Crippen molar-refractivity contribution >= 4 is 27.7 Å². The molecule has 0 radical (unpaired) electrons. The molecule has 0 aromatic heterocycles. The van der Waals surface area contributed by atoms with Gasteiger partial charge in [-0.25, -0.2) is 5.14 Å². The third-order valence-electron chi connectivity index (χ3n) is 1.33. The highest BCUT2D eigenvalue weighted by Crippen LogP contribution is 2.18. The zero-order valence-electron chi connectivity index (χ0n) is 7.02. The molecule has 1 rings (SSSR count). The maximum atomic E-state index is 10.7. The van der Waals surface area contributed by atoms with E-state index >= 15 is 0 Å². The fraction of sp³-hybridized carbons (Fsp3) is 0.143. The van der Waals surface area contributed by atoms with E-state index in [0.717, 1.165) is 4.90 Å². The number of nitrogens with two attached hydrogens (primary N) is 1. The van der Waals surface area contributed by atoms with Gasteiger partial charge in [0.25, 0.3) is 10.2 Å². The van der Waals surface area contributed by atoms with Gasteiger partial charge in [-0.15, -0.1) is 11.8 Å². The van der Waals surface area contributed by atoms with Crippen LogP contribution in [0.3, 0.4) is 0 Å². The summed E-state index contributed by atoms with van der Waals surface area (Å²) in [5.41, 5.74) is 0.481. The Hall–Kier alpha value is -0.720. The number of hydrogen-bond acceptors (Lipinski definition) is 3. The maximum absolute atomic E-state index is 10.7. The van der Waals surface area contributed by atoms with Crippen molar-refractivity contribution in [1.29, 1.82) is 0 Å². The molecule has 13 heavy (non-hydrogen) atoms. The minimum Gasteiger partial charge on any atom is -0.271 e. The van der Waals surface area contributed by atoms with E-state index in [0.29, 0.717) is 5.69 Å². The molecule has 4 nitrogen and oxygen atoms in total. The normalized spacial score (nSPS) is 11.2. The molecular formula is C7H10N2O2S2. The van der Waals surface area contributed by atoms with E-state index in [1.54, 1.807) is 18.2 Å². The van der Waals surface area contributed by atoms with Gasteiger partial charge in [0.05, 0.1) is 5.69 Å². The van der Waals surface area contributed by atoms with Crippen molar-refractivity contribution in [2.24, 2.45) is 5.14 Å². The monoisotopic (exact) mass is 218 g/mol. The summed E-state index contributed by atoms with van der Waals surface area (Å²) in [4.78, 5) is 0.980. The molecule has 0 unspecified atom stereocenters. The second-order valence-electron chi connectivity index (χ2n) is 2.38. The van der Waals surface area contributed by atoms with Crippen LogP contribution in [0, 0.1) is 0 Å². The van der Waals surface area contributed by atoms with Gasteiger partial charge in [-0.3, -0.25) is 4.72 Å². The van der Waals surface area contributed by atoms with Crippen LogP contribution in [0.2, 0.25) is 0 Å². The van der Waals surface area contributed by atoms with Crippen LogP contribution in [-0.2, 0) is 10.2 Å². The largest absolute Gasteiger partial charge is 0.296 e. The van der Waals surface area contributed by atoms with Crippen molar-refractivity contribution in [2.75, 3.05) is 11.0 Å². The van der Waals surface area contributed by atoms with Crippen LogP contribution in [0.25, 0.3) is 0 Å². The molecule has 0 atom stereocenters. The van der Waals surface area contributed by atoms with E-state index in [9.17, 15) is 8.42 Å². The van der Waals surface area contributed by atoms with Crippen molar-refractivity contribution in [1.82, 2.24) is 0 Å². The molecule has 0 saturated heterocycles. The molecule has 0 saturated carbocycles. The fourth-order valence-corrected chi connectivity index (χ4v) is 1.77. The Morgan fingerprint density at radius 2 is 2.15 bits per heavy atom. The molecule has 1 aromatic carbocycles. The lowest BCUT2D eigenvalue weighted by Crippen LogP contribution is -2.21. The van der Waals surface area contributed by atoms with Crippen LogP contribution in [0.15, 0.2) is 29.2 Å². The zero-order chi connectivity index (χ0) is 9.90. The Kier molecular flexibility index (Phi) is 3.18. The first kappa shape index (κ1) is 10.4. The van der Waals surface area contributed by atoms with Crippen LogP contribution in [0.1, 0.15) is 0 Å². The number of nitrogens with one attached hydrogen (secondary N) is 1. The molecule has 1 aromatic rings. The summed E-state index contributed by atoms with van der Waals surface area (Å²) in [7, 11) is -3.66. The number of thioether (sulfide) groups is 1. The SMILES string of the molecule is CSc1cccc(NS(N)(=O)=O)c1. The van der Waals surface area contributed by atoms with Gasteiger partial charge >= 0.3 is 0 Å². The van der Waals surface area contributed by atoms with E-state index in [1.165, 1.54) is 11.8 Å². The van der Waals surface area contributed by atoms with Gasteiger partial charge in [0, 0.05) is 4.90 Å². The summed E-state index contributed by atoms with van der Waals surface area (Å²) in [6, 6.07) is 7.01. The smallest absolute Gasteiger partial charge is 0.271 e. The summed E-state index contributed by atoms with van der Waals surface area (Å²) in [6.07, 6.45) is 1.91. The zero-order valence-corrected chi connectivity index (χ0v) is 8.65. The molecule has 72 valence electrons. The molecule has 0 fully saturated rings. The Bertz CT molecular complexity index is 389. The maximum Gasteiger partial charge on any atom is 0.296 e. The predicted octanol–water partition coefficient (Wildman–Crippen LogP) is 1.02. The second-order valence-corrected chi connectivity index (χ2v) is 4.55. The lowest BCUT2D eigenvalue weighted by Gasteiger charge is -2.04. The topological polar surface area (TPSA) is 72.2 Å². The van der Waals surface area contributed by atoms with Crippen LogP contribution >= 0.6 is 11.8 Å². The van der Waals surface area contributed by atoms with E-state index in [4.69, 9.17) is 5.14 Å². The molecule has 6 heteroatoms. The van der Waals surface area contributed by atoms with E-state index in [2.05, 4.69) is 4.72 Å². The highest BCUT2D eigenvalue weighted by molar-refractivity contribution is 7.98. The molecule has 0 aliphatic rings. The average molecular weight is 218 g/mol. The lowest BCUT2D eigenvalue weighted by atomic mass is 10.3. The number of rotatable bonds is 3. The molecule has 0 bridgehead atoms. The number of anilines is 1. The minimum atomic E-state index is -3.66. The molecule has 0 amide bonds. The van der Waals surface area contributed by atoms with Gasteiger partial charge in [-0.05, 0) is 24.5 Å². The lowest BCUT2D eigenvalue weighted by molar-refractivity contribution is 0.603. The standard InChI is InChI=1S/C7H10N2O2S2/c1-12-7-4-2-3-6(5-7)9-13(8,10)11/h2-5,9H,1H3,(H2,8,10,11). The minimum absolute atomic E-state index is 0.481. The summed E-state index contributed by atoms with van der Waals surface area (Å²) in [6.45, 7) is 0. The van der Waals surface area contributed by atoms with Gasteiger partial charge in [-0.2, -0.15) is 8.42 Å². The van der Waals surface area contributed by atoms with Crippen molar-refractivity contribution in [2.45, 2.75) is 4.90 Å². The summed E-state index contributed by atoms with van der Waals surface area (Å²) < 4.78 is 23.5. The molecular weight excluding hydrogens is 208 g/mol. The molecule has 3 N–H and O–H groups in total. The third-order valence-corrected chi connectivity index (χ3v) is 2.58. The number of hydrogen-bond donors (Lipinski definition) is 2. The van der Waals surface area contributed by atoms with Crippen molar-refractivity contribution in [3.63, 3.8) is 0 Å². The van der Waals surface area contributed by atoms with Gasteiger partial charge in [-0.1, -0.05) is 6.07 Å². The first-order chi connectivity index (χ1) is 6.01. The molecule has 0 aliphatic heterocycles. The van der Waals surface area contributed by atoms with Gasteiger partial charge in [0.2, 0.25) is 0 Å². The van der Waals surface area contributed by atoms with Crippen LogP contribution in [0.4, 0.5) is 5.69 Å². The van der Waals surface area contributed by atoms with Gasteiger partial charge in [0.1, 0.15) is 0 Å². The first-order valence-electron chi connectivity index (χ1n) is 3.46. The third kappa shape index (κ3) is 3.67. The quantitative estimate of drug-likeness (QED) is 0.744. The summed E-state index contributed by atoms with van der Waals surface area (Å²) in [5.74, 6) is 0. The van der Waals surface area contributed by atoms with E-state index in [-0.39, 0.29) is 0 Å². The summed E-state index contributed by atoms with van der Waals surface area (Å²) in [5, 5.41) is 4.81.